The minimum absolute atomic E-state index is 0.0247. The van der Waals surface area contributed by atoms with Gasteiger partial charge in [0, 0.05) is 43.3 Å². The normalized spacial score (nSPS) is 15.6. The Kier molecular flexibility index (Phi) is 7.84. The average Bonchev–Trinajstić information content (AvgIpc) is 3.39. The number of ether oxygens (including phenoxy) is 3. The van der Waals surface area contributed by atoms with Crippen LogP contribution in [0.25, 0.3) is 0 Å². The maximum atomic E-state index is 13.7. The van der Waals surface area contributed by atoms with Crippen LogP contribution in [0.3, 0.4) is 0 Å². The van der Waals surface area contributed by atoms with Crippen molar-refractivity contribution in [2.45, 2.75) is 38.5 Å². The first-order chi connectivity index (χ1) is 18.1. The van der Waals surface area contributed by atoms with Gasteiger partial charge in [0.15, 0.2) is 11.5 Å². The van der Waals surface area contributed by atoms with Crippen molar-refractivity contribution in [3.05, 3.63) is 89.5 Å². The van der Waals surface area contributed by atoms with Gasteiger partial charge in [-0.15, -0.1) is 0 Å². The molecule has 1 fully saturated rings. The van der Waals surface area contributed by atoms with Crippen molar-refractivity contribution in [2.24, 2.45) is 0 Å². The number of likely N-dealkylation sites (tertiary alicyclic amines) is 1. The van der Waals surface area contributed by atoms with Gasteiger partial charge in [-0.2, -0.15) is 8.78 Å². The summed E-state index contributed by atoms with van der Waals surface area (Å²) in [6.07, 6.45) is 2.35. The van der Waals surface area contributed by atoms with Crippen LogP contribution in [0.1, 0.15) is 34.3 Å². The van der Waals surface area contributed by atoms with E-state index in [-0.39, 0.29) is 24.5 Å². The lowest BCUT2D eigenvalue weighted by atomic mass is 10.00. The van der Waals surface area contributed by atoms with Crippen LogP contribution in [0.15, 0.2) is 72.8 Å². The first-order valence-corrected chi connectivity index (χ1v) is 12.6. The number of carbonyl (C=O) groups excluding carboxylic acids is 1. The summed E-state index contributed by atoms with van der Waals surface area (Å²) in [5, 5.41) is 0. The topological polar surface area (TPSA) is 51.2 Å². The number of benzene rings is 3. The predicted octanol–water partition coefficient (Wildman–Crippen LogP) is 5.37. The van der Waals surface area contributed by atoms with E-state index in [1.165, 1.54) is 5.56 Å². The summed E-state index contributed by atoms with van der Waals surface area (Å²) in [6, 6.07) is 22.5. The van der Waals surface area contributed by atoms with Crippen molar-refractivity contribution < 1.29 is 27.8 Å². The van der Waals surface area contributed by atoms with Gasteiger partial charge in [0.05, 0.1) is 0 Å². The van der Waals surface area contributed by atoms with Crippen molar-refractivity contribution in [2.75, 3.05) is 26.4 Å². The largest absolute Gasteiger partial charge is 0.454 e. The van der Waals surface area contributed by atoms with E-state index >= 15 is 0 Å². The highest BCUT2D eigenvalue weighted by molar-refractivity contribution is 5.95. The number of alkyl halides is 2. The maximum Gasteiger partial charge on any atom is 0.387 e. The molecule has 0 unspecified atom stereocenters. The van der Waals surface area contributed by atoms with E-state index in [9.17, 15) is 13.6 Å². The zero-order valence-corrected chi connectivity index (χ0v) is 20.5. The first kappa shape index (κ1) is 25.0. The van der Waals surface area contributed by atoms with Crippen molar-refractivity contribution in [3.8, 4) is 17.2 Å². The summed E-state index contributed by atoms with van der Waals surface area (Å²) >= 11 is 0. The minimum atomic E-state index is -2.85. The molecule has 0 N–H and O–H groups in total. The van der Waals surface area contributed by atoms with Crippen LogP contribution < -0.4 is 14.2 Å². The Hall–Kier alpha value is -3.65. The molecule has 3 aromatic carbocycles. The molecule has 37 heavy (non-hydrogen) atoms. The molecule has 194 valence electrons. The van der Waals surface area contributed by atoms with Crippen LogP contribution in [0.2, 0.25) is 0 Å². The molecule has 0 radical (unpaired) electrons. The van der Waals surface area contributed by atoms with Crippen molar-refractivity contribution in [3.63, 3.8) is 0 Å². The molecule has 0 atom stereocenters. The van der Waals surface area contributed by atoms with Gasteiger partial charge in [0.25, 0.3) is 5.91 Å². The average molecular weight is 509 g/mol. The van der Waals surface area contributed by atoms with Gasteiger partial charge in [0.1, 0.15) is 5.75 Å². The van der Waals surface area contributed by atoms with Gasteiger partial charge >= 0.3 is 6.61 Å². The summed E-state index contributed by atoms with van der Waals surface area (Å²) in [4.78, 5) is 17.9. The third kappa shape index (κ3) is 6.20. The summed E-state index contributed by atoms with van der Waals surface area (Å²) in [6.45, 7) is -0.0575. The van der Waals surface area contributed by atoms with E-state index < -0.39 is 6.61 Å². The molecule has 0 aliphatic carbocycles. The second-order valence-electron chi connectivity index (χ2n) is 9.30. The van der Waals surface area contributed by atoms with Crippen molar-refractivity contribution >= 4 is 5.91 Å². The number of amides is 1. The second kappa shape index (κ2) is 11.6. The van der Waals surface area contributed by atoms with Crippen LogP contribution in [-0.4, -0.2) is 54.8 Å². The highest BCUT2D eigenvalue weighted by Crippen LogP contribution is 2.33. The van der Waals surface area contributed by atoms with Gasteiger partial charge in [0.2, 0.25) is 6.79 Å². The van der Waals surface area contributed by atoms with Crippen LogP contribution in [0, 0.1) is 0 Å². The number of carbonyl (C=O) groups is 1. The Morgan fingerprint density at radius 2 is 1.70 bits per heavy atom. The Bertz CT molecular complexity index is 1200. The lowest BCUT2D eigenvalue weighted by Gasteiger charge is -2.39. The standard InChI is InChI=1S/C29H30F2N2O4/c30-29(31)37-25-9-5-4-8-23(25)19-32-15-13-24(14-16-32)33(17-12-21-6-2-1-3-7-21)28(34)22-10-11-26-27(18-22)36-20-35-26/h1-11,18,24,29H,12-17,19-20H2. The lowest BCUT2D eigenvalue weighted by molar-refractivity contribution is -0.0508. The van der Waals surface area contributed by atoms with Crippen LogP contribution in [0.4, 0.5) is 8.78 Å². The van der Waals surface area contributed by atoms with Crippen LogP contribution in [0.5, 0.6) is 17.2 Å². The summed E-state index contributed by atoms with van der Waals surface area (Å²) in [5.41, 5.74) is 2.50. The Morgan fingerprint density at radius 1 is 0.973 bits per heavy atom. The molecule has 2 aliphatic heterocycles. The van der Waals surface area contributed by atoms with Crippen molar-refractivity contribution in [1.29, 1.82) is 0 Å². The molecule has 1 saturated heterocycles. The SMILES string of the molecule is O=C(c1ccc2c(c1)OCO2)N(CCc1ccccc1)C1CCN(Cc2ccccc2OC(F)F)CC1. The zero-order chi connectivity index (χ0) is 25.6. The van der Waals surface area contributed by atoms with Gasteiger partial charge in [-0.3, -0.25) is 9.69 Å². The highest BCUT2D eigenvalue weighted by atomic mass is 19.3. The number of hydrogen-bond donors (Lipinski definition) is 0. The maximum absolute atomic E-state index is 13.7. The van der Waals surface area contributed by atoms with E-state index in [2.05, 4.69) is 17.0 Å². The fraction of sp³-hybridized carbons (Fsp3) is 0.345. The molecule has 3 aromatic rings. The smallest absolute Gasteiger partial charge is 0.387 e. The first-order valence-electron chi connectivity index (χ1n) is 12.6. The summed E-state index contributed by atoms with van der Waals surface area (Å²) in [5.74, 6) is 1.43. The number of piperidine rings is 1. The number of nitrogens with zero attached hydrogens (tertiary/aromatic N) is 2. The van der Waals surface area contributed by atoms with Crippen LogP contribution in [-0.2, 0) is 13.0 Å². The Morgan fingerprint density at radius 3 is 2.49 bits per heavy atom. The number of halogens is 2. The Balaban J connectivity index is 1.27. The summed E-state index contributed by atoms with van der Waals surface area (Å²) in [7, 11) is 0. The molecule has 2 aliphatic rings. The number of hydrogen-bond acceptors (Lipinski definition) is 5. The molecule has 0 aromatic heterocycles. The van der Waals surface area contributed by atoms with E-state index in [1.54, 1.807) is 30.3 Å². The molecule has 8 heteroatoms. The van der Waals surface area contributed by atoms with E-state index in [1.807, 2.05) is 35.2 Å². The molecule has 0 bridgehead atoms. The number of para-hydroxylation sites is 1. The fourth-order valence-electron chi connectivity index (χ4n) is 5.01. The zero-order valence-electron chi connectivity index (χ0n) is 20.5. The fourth-order valence-corrected chi connectivity index (χ4v) is 5.01. The minimum Gasteiger partial charge on any atom is -0.454 e. The third-order valence-corrected chi connectivity index (χ3v) is 6.95. The van der Waals surface area contributed by atoms with Crippen molar-refractivity contribution in [1.82, 2.24) is 9.80 Å². The van der Waals surface area contributed by atoms with E-state index in [0.29, 0.717) is 30.2 Å². The van der Waals surface area contributed by atoms with E-state index in [0.717, 1.165) is 37.9 Å². The molecule has 0 spiro atoms. The number of rotatable bonds is 9. The van der Waals surface area contributed by atoms with Crippen LogP contribution >= 0.6 is 0 Å². The molecule has 2 heterocycles. The van der Waals surface area contributed by atoms with Gasteiger partial charge in [-0.25, -0.2) is 0 Å². The second-order valence-corrected chi connectivity index (χ2v) is 9.30. The number of fused-ring (bicyclic) bond motifs is 1. The third-order valence-electron chi connectivity index (χ3n) is 6.95. The molecular formula is C29H30F2N2O4. The highest BCUT2D eigenvalue weighted by Gasteiger charge is 2.30. The molecule has 1 amide bonds. The predicted molar refractivity (Wildman–Crippen MR) is 135 cm³/mol. The van der Waals surface area contributed by atoms with Gasteiger partial charge < -0.3 is 19.1 Å². The quantitative estimate of drug-likeness (QED) is 0.389. The van der Waals surface area contributed by atoms with E-state index in [4.69, 9.17) is 14.2 Å². The summed E-state index contributed by atoms with van der Waals surface area (Å²) < 4.78 is 41.2. The molecule has 0 saturated carbocycles. The molecule has 6 nitrogen and oxygen atoms in total. The monoisotopic (exact) mass is 508 g/mol. The molecular weight excluding hydrogens is 478 g/mol. The lowest BCUT2D eigenvalue weighted by Crippen LogP contribution is -2.48. The van der Waals surface area contributed by atoms with Gasteiger partial charge in [-0.1, -0.05) is 48.5 Å². The van der Waals surface area contributed by atoms with Gasteiger partial charge in [-0.05, 0) is 49.1 Å². The Labute approximate surface area is 215 Å². The molecule has 5 rings (SSSR count).